The van der Waals surface area contributed by atoms with Crippen LogP contribution in [-0.4, -0.2) is 37.1 Å². The number of hydrogen-bond donors (Lipinski definition) is 1. The molecule has 1 saturated carbocycles. The van der Waals surface area contributed by atoms with Crippen LogP contribution in [0.15, 0.2) is 0 Å². The van der Waals surface area contributed by atoms with Crippen molar-refractivity contribution < 1.29 is 0 Å². The molecule has 0 unspecified atom stereocenters. The first-order valence-electron chi connectivity index (χ1n) is 6.31. The van der Waals surface area contributed by atoms with Crippen molar-refractivity contribution >= 4 is 0 Å². The quantitative estimate of drug-likeness (QED) is 0.725. The molecule has 1 aliphatic heterocycles. The second-order valence-electron chi connectivity index (χ2n) is 5.05. The monoisotopic (exact) mass is 196 g/mol. The fraction of sp³-hybridized carbons (Fsp3) is 1.00. The normalized spacial score (nSPS) is 31.9. The van der Waals surface area contributed by atoms with Gasteiger partial charge in [-0.05, 0) is 25.7 Å². The van der Waals surface area contributed by atoms with E-state index in [1.165, 1.54) is 58.3 Å². The molecule has 0 amide bonds. The minimum atomic E-state index is 0.755. The molecule has 1 atom stereocenters. The fourth-order valence-corrected chi connectivity index (χ4v) is 2.86. The van der Waals surface area contributed by atoms with Gasteiger partial charge in [0.1, 0.15) is 0 Å². The summed E-state index contributed by atoms with van der Waals surface area (Å²) in [6.45, 7) is 7.36. The van der Waals surface area contributed by atoms with Gasteiger partial charge < -0.3 is 5.32 Å². The highest BCUT2D eigenvalue weighted by Crippen LogP contribution is 2.25. The first kappa shape index (κ1) is 10.4. The van der Waals surface area contributed by atoms with Gasteiger partial charge in [-0.25, -0.2) is 0 Å². The molecule has 1 N–H and O–H groups in total. The lowest BCUT2D eigenvalue weighted by Crippen LogP contribution is -2.51. The van der Waals surface area contributed by atoms with Gasteiger partial charge in [0, 0.05) is 32.2 Å². The van der Waals surface area contributed by atoms with Gasteiger partial charge in [0.25, 0.3) is 0 Å². The minimum absolute atomic E-state index is 0.755. The molecule has 0 aromatic carbocycles. The number of rotatable bonds is 2. The van der Waals surface area contributed by atoms with E-state index in [1.54, 1.807) is 0 Å². The summed E-state index contributed by atoms with van der Waals surface area (Å²) in [7, 11) is 0. The van der Waals surface area contributed by atoms with Crippen molar-refractivity contribution in [3.05, 3.63) is 0 Å². The van der Waals surface area contributed by atoms with Gasteiger partial charge in [0.2, 0.25) is 0 Å². The van der Waals surface area contributed by atoms with E-state index in [0.29, 0.717) is 0 Å². The zero-order chi connectivity index (χ0) is 9.80. The molecule has 82 valence electrons. The molecule has 1 heterocycles. The molecule has 0 aromatic rings. The molecule has 0 aromatic heterocycles. The number of hydrogen-bond acceptors (Lipinski definition) is 2. The van der Waals surface area contributed by atoms with Crippen molar-refractivity contribution in [1.82, 2.24) is 10.2 Å². The summed E-state index contributed by atoms with van der Waals surface area (Å²) < 4.78 is 0. The highest BCUT2D eigenvalue weighted by Gasteiger charge is 2.22. The van der Waals surface area contributed by atoms with Crippen molar-refractivity contribution in [3.63, 3.8) is 0 Å². The molecule has 2 rings (SSSR count). The van der Waals surface area contributed by atoms with E-state index in [4.69, 9.17) is 0 Å². The lowest BCUT2D eigenvalue weighted by molar-refractivity contribution is 0.133. The molecule has 0 radical (unpaired) electrons. The van der Waals surface area contributed by atoms with Crippen LogP contribution >= 0.6 is 0 Å². The molecule has 2 heteroatoms. The van der Waals surface area contributed by atoms with Gasteiger partial charge in [0.05, 0.1) is 0 Å². The van der Waals surface area contributed by atoms with E-state index in [0.717, 1.165) is 12.0 Å². The van der Waals surface area contributed by atoms with E-state index in [2.05, 4.69) is 17.1 Å². The average molecular weight is 196 g/mol. The Labute approximate surface area is 88.1 Å². The Kier molecular flexibility index (Phi) is 3.82. The van der Waals surface area contributed by atoms with E-state index in [1.807, 2.05) is 0 Å². The van der Waals surface area contributed by atoms with Gasteiger partial charge in [-0.15, -0.1) is 0 Å². The van der Waals surface area contributed by atoms with Crippen molar-refractivity contribution in [2.75, 3.05) is 26.2 Å². The summed E-state index contributed by atoms with van der Waals surface area (Å²) in [5, 5.41) is 3.46. The molecule has 0 spiro atoms. The summed E-state index contributed by atoms with van der Waals surface area (Å²) in [6, 6.07) is 0.755. The molecular weight excluding hydrogens is 172 g/mol. The summed E-state index contributed by atoms with van der Waals surface area (Å²) in [4.78, 5) is 2.69. The van der Waals surface area contributed by atoms with Crippen LogP contribution in [0.3, 0.4) is 0 Å². The van der Waals surface area contributed by atoms with Crippen LogP contribution < -0.4 is 5.32 Å². The maximum absolute atomic E-state index is 3.46. The Hall–Kier alpha value is -0.0800. The van der Waals surface area contributed by atoms with Crippen LogP contribution in [0.1, 0.15) is 39.0 Å². The SMILES string of the molecule is C[C@@H]1CNCCN1CC1CCCCC1. The van der Waals surface area contributed by atoms with Crippen LogP contribution in [-0.2, 0) is 0 Å². The van der Waals surface area contributed by atoms with Crippen molar-refractivity contribution in [2.45, 2.75) is 45.1 Å². The Morgan fingerprint density at radius 2 is 2.00 bits per heavy atom. The first-order chi connectivity index (χ1) is 6.86. The van der Waals surface area contributed by atoms with Gasteiger partial charge >= 0.3 is 0 Å². The number of nitrogens with zero attached hydrogens (tertiary/aromatic N) is 1. The summed E-state index contributed by atoms with van der Waals surface area (Å²) >= 11 is 0. The van der Waals surface area contributed by atoms with Crippen molar-refractivity contribution in [3.8, 4) is 0 Å². The third-order valence-electron chi connectivity index (χ3n) is 3.86. The molecule has 2 aliphatic rings. The number of nitrogens with one attached hydrogen (secondary N) is 1. The third-order valence-corrected chi connectivity index (χ3v) is 3.86. The summed E-state index contributed by atoms with van der Waals surface area (Å²) in [5.74, 6) is 1.00. The lowest BCUT2D eigenvalue weighted by atomic mass is 9.88. The van der Waals surface area contributed by atoms with Gasteiger partial charge in [-0.2, -0.15) is 0 Å². The molecule has 1 aliphatic carbocycles. The van der Waals surface area contributed by atoms with Crippen LogP contribution in [0.4, 0.5) is 0 Å². The predicted molar refractivity (Wildman–Crippen MR) is 60.5 cm³/mol. The molecule has 0 bridgehead atoms. The maximum atomic E-state index is 3.46. The molecular formula is C12H24N2. The van der Waals surface area contributed by atoms with Gasteiger partial charge in [-0.1, -0.05) is 19.3 Å². The zero-order valence-corrected chi connectivity index (χ0v) is 9.47. The van der Waals surface area contributed by atoms with Gasteiger partial charge in [-0.3, -0.25) is 4.90 Å². The van der Waals surface area contributed by atoms with Crippen LogP contribution in [0.2, 0.25) is 0 Å². The Morgan fingerprint density at radius 1 is 1.21 bits per heavy atom. The maximum Gasteiger partial charge on any atom is 0.0193 e. The topological polar surface area (TPSA) is 15.3 Å². The highest BCUT2D eigenvalue weighted by molar-refractivity contribution is 4.79. The van der Waals surface area contributed by atoms with Crippen LogP contribution in [0, 0.1) is 5.92 Å². The van der Waals surface area contributed by atoms with Crippen molar-refractivity contribution in [2.24, 2.45) is 5.92 Å². The lowest BCUT2D eigenvalue weighted by Gasteiger charge is -2.37. The molecule has 2 fully saturated rings. The second-order valence-corrected chi connectivity index (χ2v) is 5.05. The Bertz CT molecular complexity index is 164. The number of piperazine rings is 1. The van der Waals surface area contributed by atoms with Crippen LogP contribution in [0.25, 0.3) is 0 Å². The smallest absolute Gasteiger partial charge is 0.0193 e. The average Bonchev–Trinajstić information content (AvgIpc) is 2.23. The summed E-state index contributed by atoms with van der Waals surface area (Å²) in [5.41, 5.74) is 0. The fourth-order valence-electron chi connectivity index (χ4n) is 2.86. The third kappa shape index (κ3) is 2.71. The van der Waals surface area contributed by atoms with E-state index >= 15 is 0 Å². The molecule has 14 heavy (non-hydrogen) atoms. The van der Waals surface area contributed by atoms with E-state index in [9.17, 15) is 0 Å². The van der Waals surface area contributed by atoms with E-state index < -0.39 is 0 Å². The molecule has 2 nitrogen and oxygen atoms in total. The standard InChI is InChI=1S/C12H24N2/c1-11-9-13-7-8-14(11)10-12-5-3-2-4-6-12/h11-13H,2-10H2,1H3/t11-/m1/s1. The Morgan fingerprint density at radius 3 is 2.71 bits per heavy atom. The zero-order valence-electron chi connectivity index (χ0n) is 9.47. The first-order valence-corrected chi connectivity index (χ1v) is 6.31. The van der Waals surface area contributed by atoms with Crippen LogP contribution in [0.5, 0.6) is 0 Å². The predicted octanol–water partition coefficient (Wildman–Crippen LogP) is 1.86. The minimum Gasteiger partial charge on any atom is -0.314 e. The van der Waals surface area contributed by atoms with Gasteiger partial charge in [0.15, 0.2) is 0 Å². The summed E-state index contributed by atoms with van der Waals surface area (Å²) in [6.07, 6.45) is 7.40. The second kappa shape index (κ2) is 5.13. The largest absolute Gasteiger partial charge is 0.314 e. The molecule has 1 saturated heterocycles. The van der Waals surface area contributed by atoms with E-state index in [-0.39, 0.29) is 0 Å². The Balaban J connectivity index is 1.76. The van der Waals surface area contributed by atoms with Crippen molar-refractivity contribution in [1.29, 1.82) is 0 Å². The highest BCUT2D eigenvalue weighted by atomic mass is 15.2.